The molecule has 3 nitrogen and oxygen atoms in total. The van der Waals surface area contributed by atoms with Crippen LogP contribution in [-0.2, 0) is 6.54 Å². The number of aliphatic hydroxyl groups is 1. The van der Waals surface area contributed by atoms with E-state index < -0.39 is 0 Å². The van der Waals surface area contributed by atoms with Gasteiger partial charge in [0.05, 0.1) is 11.6 Å². The summed E-state index contributed by atoms with van der Waals surface area (Å²) in [5.74, 6) is 0.452. The minimum absolute atomic E-state index is 0.0396. The van der Waals surface area contributed by atoms with Gasteiger partial charge in [0.1, 0.15) is 0 Å². The number of nitrogens with zero attached hydrogens (tertiary/aromatic N) is 1. The lowest BCUT2D eigenvalue weighted by molar-refractivity contribution is 0.133. The Morgan fingerprint density at radius 1 is 1.29 bits per heavy atom. The van der Waals surface area contributed by atoms with Crippen molar-refractivity contribution in [1.82, 2.24) is 4.57 Å². The quantitative estimate of drug-likeness (QED) is 0.871. The monoisotopic (exact) mass is 229 g/mol. The van der Waals surface area contributed by atoms with Crippen LogP contribution in [0.4, 0.5) is 0 Å². The van der Waals surface area contributed by atoms with E-state index >= 15 is 0 Å². The third kappa shape index (κ3) is 1.98. The third-order valence-electron chi connectivity index (χ3n) is 3.43. The summed E-state index contributed by atoms with van der Waals surface area (Å²) in [4.78, 5) is 11.7. The Balaban J connectivity index is 2.04. The first-order chi connectivity index (χ1) is 8.25. The molecule has 0 amide bonds. The molecule has 17 heavy (non-hydrogen) atoms. The number of benzene rings is 1. The van der Waals surface area contributed by atoms with Crippen LogP contribution in [0, 0.1) is 5.92 Å². The molecular weight excluding hydrogens is 214 g/mol. The SMILES string of the molecule is O=c1ccn(CC(O)C2CC2)c2ccccc12. The molecule has 1 heterocycles. The lowest BCUT2D eigenvalue weighted by Crippen LogP contribution is -2.19. The number of para-hydroxylation sites is 1. The van der Waals surface area contributed by atoms with Crippen LogP contribution in [0.25, 0.3) is 10.9 Å². The molecule has 1 aliphatic carbocycles. The first kappa shape index (κ1) is 10.5. The summed E-state index contributed by atoms with van der Waals surface area (Å²) < 4.78 is 1.97. The Kier molecular flexibility index (Phi) is 2.48. The smallest absolute Gasteiger partial charge is 0.189 e. The van der Waals surface area contributed by atoms with E-state index in [1.807, 2.05) is 28.8 Å². The molecular formula is C14H15NO2. The van der Waals surface area contributed by atoms with Gasteiger partial charge in [0.15, 0.2) is 5.43 Å². The molecule has 1 aromatic heterocycles. The number of pyridine rings is 1. The lowest BCUT2D eigenvalue weighted by Gasteiger charge is -2.14. The normalized spacial score (nSPS) is 17.2. The van der Waals surface area contributed by atoms with Gasteiger partial charge in [-0.1, -0.05) is 12.1 Å². The van der Waals surface area contributed by atoms with E-state index in [0.717, 1.165) is 23.7 Å². The first-order valence-electron chi connectivity index (χ1n) is 6.02. The predicted octanol–water partition coefficient (Wildman–Crippen LogP) is 1.77. The highest BCUT2D eigenvalue weighted by Crippen LogP contribution is 2.33. The molecule has 0 bridgehead atoms. The minimum atomic E-state index is -0.291. The van der Waals surface area contributed by atoms with Crippen LogP contribution in [0.3, 0.4) is 0 Å². The van der Waals surface area contributed by atoms with Crippen molar-refractivity contribution < 1.29 is 5.11 Å². The molecule has 0 saturated heterocycles. The number of hydrogen-bond donors (Lipinski definition) is 1. The molecule has 0 spiro atoms. The fourth-order valence-corrected chi connectivity index (χ4v) is 2.25. The van der Waals surface area contributed by atoms with Crippen LogP contribution >= 0.6 is 0 Å². The topological polar surface area (TPSA) is 42.2 Å². The van der Waals surface area contributed by atoms with Gasteiger partial charge in [-0.05, 0) is 30.9 Å². The standard InChI is InChI=1S/C14H15NO2/c16-13-7-8-15(9-14(17)10-5-6-10)12-4-2-1-3-11(12)13/h1-4,7-8,10,14,17H,5-6,9H2. The molecule has 0 aliphatic heterocycles. The second kappa shape index (κ2) is 4.00. The number of aromatic nitrogens is 1. The highest BCUT2D eigenvalue weighted by atomic mass is 16.3. The predicted molar refractivity (Wildman–Crippen MR) is 66.9 cm³/mol. The van der Waals surface area contributed by atoms with Gasteiger partial charge >= 0.3 is 0 Å². The Morgan fingerprint density at radius 3 is 2.82 bits per heavy atom. The van der Waals surface area contributed by atoms with Crippen molar-refractivity contribution in [2.24, 2.45) is 5.92 Å². The molecule has 3 heteroatoms. The summed E-state index contributed by atoms with van der Waals surface area (Å²) in [6.07, 6.45) is 3.73. The number of rotatable bonds is 3. The molecule has 0 radical (unpaired) electrons. The van der Waals surface area contributed by atoms with Crippen LogP contribution in [0.1, 0.15) is 12.8 Å². The molecule has 1 atom stereocenters. The van der Waals surface area contributed by atoms with E-state index in [4.69, 9.17) is 0 Å². The lowest BCUT2D eigenvalue weighted by atomic mass is 10.2. The fourth-order valence-electron chi connectivity index (χ4n) is 2.25. The van der Waals surface area contributed by atoms with Crippen LogP contribution in [0.15, 0.2) is 41.3 Å². The maximum absolute atomic E-state index is 11.7. The van der Waals surface area contributed by atoms with Gasteiger partial charge in [-0.25, -0.2) is 0 Å². The van der Waals surface area contributed by atoms with Gasteiger partial charge in [0, 0.05) is 24.2 Å². The second-order valence-corrected chi connectivity index (χ2v) is 4.75. The summed E-state index contributed by atoms with van der Waals surface area (Å²) in [6, 6.07) is 9.11. The van der Waals surface area contributed by atoms with Crippen molar-refractivity contribution in [3.8, 4) is 0 Å². The zero-order valence-electron chi connectivity index (χ0n) is 9.54. The molecule has 1 saturated carbocycles. The number of aliphatic hydroxyl groups excluding tert-OH is 1. The van der Waals surface area contributed by atoms with Crippen molar-refractivity contribution in [2.45, 2.75) is 25.5 Å². The van der Waals surface area contributed by atoms with Crippen molar-refractivity contribution in [2.75, 3.05) is 0 Å². The molecule has 1 aliphatic rings. The molecule has 1 unspecified atom stereocenters. The highest BCUT2D eigenvalue weighted by molar-refractivity contribution is 5.78. The summed E-state index contributed by atoms with van der Waals surface area (Å²) >= 11 is 0. The molecule has 2 aromatic rings. The Labute approximate surface area is 99.3 Å². The number of hydrogen-bond acceptors (Lipinski definition) is 2. The van der Waals surface area contributed by atoms with E-state index in [-0.39, 0.29) is 11.5 Å². The summed E-state index contributed by atoms with van der Waals surface area (Å²) in [5.41, 5.74) is 0.942. The third-order valence-corrected chi connectivity index (χ3v) is 3.43. The largest absolute Gasteiger partial charge is 0.391 e. The van der Waals surface area contributed by atoms with E-state index in [9.17, 15) is 9.90 Å². The summed E-state index contributed by atoms with van der Waals surface area (Å²) in [6.45, 7) is 0.575. The van der Waals surface area contributed by atoms with Gasteiger partial charge in [0.25, 0.3) is 0 Å². The first-order valence-corrected chi connectivity index (χ1v) is 6.02. The average Bonchev–Trinajstić information content (AvgIpc) is 3.17. The second-order valence-electron chi connectivity index (χ2n) is 4.75. The molecule has 88 valence electrons. The fraction of sp³-hybridized carbons (Fsp3) is 0.357. The van der Waals surface area contributed by atoms with Gasteiger partial charge in [-0.3, -0.25) is 4.79 Å². The van der Waals surface area contributed by atoms with Crippen LogP contribution in [0.2, 0.25) is 0 Å². The van der Waals surface area contributed by atoms with Crippen molar-refractivity contribution in [1.29, 1.82) is 0 Å². The van der Waals surface area contributed by atoms with E-state index in [1.165, 1.54) is 0 Å². The maximum Gasteiger partial charge on any atom is 0.189 e. The average molecular weight is 229 g/mol. The molecule has 3 rings (SSSR count). The van der Waals surface area contributed by atoms with Crippen molar-refractivity contribution >= 4 is 10.9 Å². The van der Waals surface area contributed by atoms with Crippen LogP contribution in [-0.4, -0.2) is 15.8 Å². The van der Waals surface area contributed by atoms with Gasteiger partial charge in [0.2, 0.25) is 0 Å². The van der Waals surface area contributed by atoms with Crippen LogP contribution in [0.5, 0.6) is 0 Å². The number of fused-ring (bicyclic) bond motifs is 1. The highest BCUT2D eigenvalue weighted by Gasteiger charge is 2.29. The molecule has 1 fully saturated rings. The Bertz CT molecular complexity index is 598. The van der Waals surface area contributed by atoms with Crippen LogP contribution < -0.4 is 5.43 Å². The Morgan fingerprint density at radius 2 is 2.06 bits per heavy atom. The molecule has 1 N–H and O–H groups in total. The van der Waals surface area contributed by atoms with E-state index in [0.29, 0.717) is 12.5 Å². The Hall–Kier alpha value is -1.61. The van der Waals surface area contributed by atoms with E-state index in [2.05, 4.69) is 0 Å². The van der Waals surface area contributed by atoms with Crippen molar-refractivity contribution in [3.63, 3.8) is 0 Å². The summed E-state index contributed by atoms with van der Waals surface area (Å²) in [7, 11) is 0. The zero-order chi connectivity index (χ0) is 11.8. The van der Waals surface area contributed by atoms with Gasteiger partial charge in [-0.15, -0.1) is 0 Å². The summed E-state index contributed by atoms with van der Waals surface area (Å²) in [5, 5.41) is 10.7. The van der Waals surface area contributed by atoms with E-state index in [1.54, 1.807) is 12.3 Å². The van der Waals surface area contributed by atoms with Gasteiger partial charge < -0.3 is 9.67 Å². The van der Waals surface area contributed by atoms with Crippen molar-refractivity contribution in [3.05, 3.63) is 46.8 Å². The molecule has 1 aromatic carbocycles. The minimum Gasteiger partial charge on any atom is -0.391 e. The zero-order valence-corrected chi connectivity index (χ0v) is 9.54. The van der Waals surface area contributed by atoms with Gasteiger partial charge in [-0.2, -0.15) is 0 Å². The maximum atomic E-state index is 11.7.